The van der Waals surface area contributed by atoms with E-state index in [9.17, 15) is 0 Å². The maximum absolute atomic E-state index is 5.44. The Morgan fingerprint density at radius 3 is 2.27 bits per heavy atom. The standard InChI is InChI=1S/C14H10S/c1-2-12-8-6-7-11-14(12)15-13-9-4-3-5-10-13/h1,3-11H. The molecule has 0 N–H and O–H groups in total. The second-order valence-electron chi connectivity index (χ2n) is 3.06. The fourth-order valence-corrected chi connectivity index (χ4v) is 2.22. The van der Waals surface area contributed by atoms with Crippen LogP contribution in [0, 0.1) is 12.3 Å². The van der Waals surface area contributed by atoms with Gasteiger partial charge in [0.2, 0.25) is 0 Å². The Morgan fingerprint density at radius 1 is 0.867 bits per heavy atom. The highest BCUT2D eigenvalue weighted by Crippen LogP contribution is 2.29. The topological polar surface area (TPSA) is 0 Å². The van der Waals surface area contributed by atoms with Crippen molar-refractivity contribution in [3.63, 3.8) is 0 Å². The van der Waals surface area contributed by atoms with Crippen LogP contribution in [0.5, 0.6) is 0 Å². The van der Waals surface area contributed by atoms with Crippen molar-refractivity contribution < 1.29 is 0 Å². The molecule has 0 aliphatic rings. The molecule has 15 heavy (non-hydrogen) atoms. The molecule has 0 atom stereocenters. The predicted molar refractivity (Wildman–Crippen MR) is 64.9 cm³/mol. The number of rotatable bonds is 2. The van der Waals surface area contributed by atoms with Crippen LogP contribution in [0.1, 0.15) is 5.56 Å². The van der Waals surface area contributed by atoms with Gasteiger partial charge in [0.25, 0.3) is 0 Å². The lowest BCUT2D eigenvalue weighted by Gasteiger charge is -2.03. The Labute approximate surface area is 94.3 Å². The average molecular weight is 210 g/mol. The first-order valence-electron chi connectivity index (χ1n) is 4.68. The SMILES string of the molecule is C#Cc1ccccc1Sc1ccccc1. The summed E-state index contributed by atoms with van der Waals surface area (Å²) in [4.78, 5) is 2.34. The van der Waals surface area contributed by atoms with Crippen molar-refractivity contribution in [2.75, 3.05) is 0 Å². The Kier molecular flexibility index (Phi) is 3.11. The van der Waals surface area contributed by atoms with E-state index >= 15 is 0 Å². The average Bonchev–Trinajstić information content (AvgIpc) is 2.31. The molecule has 0 unspecified atom stereocenters. The quantitative estimate of drug-likeness (QED) is 0.679. The maximum atomic E-state index is 5.44. The third-order valence-electron chi connectivity index (χ3n) is 2.01. The van der Waals surface area contributed by atoms with Gasteiger partial charge in [0.05, 0.1) is 0 Å². The smallest absolute Gasteiger partial charge is 0.0382 e. The molecule has 0 heterocycles. The molecule has 0 radical (unpaired) electrons. The van der Waals surface area contributed by atoms with Gasteiger partial charge in [-0.3, -0.25) is 0 Å². The molecule has 0 bridgehead atoms. The molecule has 0 saturated heterocycles. The van der Waals surface area contributed by atoms with Gasteiger partial charge in [-0.25, -0.2) is 0 Å². The van der Waals surface area contributed by atoms with Crippen LogP contribution in [-0.2, 0) is 0 Å². The minimum atomic E-state index is 0.950. The zero-order valence-electron chi connectivity index (χ0n) is 8.18. The van der Waals surface area contributed by atoms with Gasteiger partial charge >= 0.3 is 0 Å². The van der Waals surface area contributed by atoms with Crippen molar-refractivity contribution in [1.82, 2.24) is 0 Å². The Morgan fingerprint density at radius 2 is 1.53 bits per heavy atom. The zero-order valence-corrected chi connectivity index (χ0v) is 9.00. The number of hydrogen-bond acceptors (Lipinski definition) is 1. The van der Waals surface area contributed by atoms with Gasteiger partial charge in [-0.1, -0.05) is 48.0 Å². The molecule has 0 saturated carbocycles. The molecule has 1 heteroatoms. The van der Waals surface area contributed by atoms with E-state index in [4.69, 9.17) is 6.42 Å². The number of hydrogen-bond donors (Lipinski definition) is 0. The highest BCUT2D eigenvalue weighted by molar-refractivity contribution is 7.99. The molecule has 72 valence electrons. The summed E-state index contributed by atoms with van der Waals surface area (Å²) in [6.07, 6.45) is 5.44. The summed E-state index contributed by atoms with van der Waals surface area (Å²) in [5.41, 5.74) is 0.950. The lowest BCUT2D eigenvalue weighted by atomic mass is 10.2. The summed E-state index contributed by atoms with van der Waals surface area (Å²) in [7, 11) is 0. The minimum Gasteiger partial charge on any atom is -0.115 e. The van der Waals surface area contributed by atoms with Gasteiger partial charge in [0.15, 0.2) is 0 Å². The van der Waals surface area contributed by atoms with Crippen LogP contribution in [0.3, 0.4) is 0 Å². The van der Waals surface area contributed by atoms with E-state index in [1.54, 1.807) is 11.8 Å². The van der Waals surface area contributed by atoms with Gasteiger partial charge in [-0.15, -0.1) is 6.42 Å². The van der Waals surface area contributed by atoms with Crippen molar-refractivity contribution in [3.8, 4) is 12.3 Å². The van der Waals surface area contributed by atoms with Crippen molar-refractivity contribution >= 4 is 11.8 Å². The molecule has 0 aromatic heterocycles. The van der Waals surface area contributed by atoms with E-state index in [0.29, 0.717) is 0 Å². The van der Waals surface area contributed by atoms with Crippen LogP contribution < -0.4 is 0 Å². The first-order chi connectivity index (χ1) is 7.40. The summed E-state index contributed by atoms with van der Waals surface area (Å²) in [6.45, 7) is 0. The van der Waals surface area contributed by atoms with Crippen LogP contribution in [0.25, 0.3) is 0 Å². The molecule has 0 aliphatic carbocycles. The molecule has 0 aliphatic heterocycles. The summed E-state index contributed by atoms with van der Waals surface area (Å²) in [5, 5.41) is 0. The third-order valence-corrected chi connectivity index (χ3v) is 3.10. The predicted octanol–water partition coefficient (Wildman–Crippen LogP) is 3.82. The highest BCUT2D eigenvalue weighted by Gasteiger charge is 2.00. The molecule has 2 aromatic carbocycles. The fourth-order valence-electron chi connectivity index (χ4n) is 1.29. The minimum absolute atomic E-state index is 0.950. The molecule has 0 spiro atoms. The first-order valence-corrected chi connectivity index (χ1v) is 5.50. The molecule has 0 amide bonds. The van der Waals surface area contributed by atoms with E-state index in [0.717, 1.165) is 10.5 Å². The van der Waals surface area contributed by atoms with Crippen molar-refractivity contribution in [3.05, 3.63) is 60.2 Å². The van der Waals surface area contributed by atoms with Crippen molar-refractivity contribution in [1.29, 1.82) is 0 Å². The summed E-state index contributed by atoms with van der Waals surface area (Å²) >= 11 is 1.70. The van der Waals surface area contributed by atoms with Crippen LogP contribution >= 0.6 is 11.8 Å². The van der Waals surface area contributed by atoms with E-state index in [1.165, 1.54) is 4.90 Å². The normalized spacial score (nSPS) is 9.53. The summed E-state index contributed by atoms with van der Waals surface area (Å²) < 4.78 is 0. The van der Waals surface area contributed by atoms with E-state index in [2.05, 4.69) is 18.1 Å². The monoisotopic (exact) mass is 210 g/mol. The van der Waals surface area contributed by atoms with Crippen LogP contribution in [0.4, 0.5) is 0 Å². The van der Waals surface area contributed by atoms with Crippen molar-refractivity contribution in [2.24, 2.45) is 0 Å². The van der Waals surface area contributed by atoms with Crippen LogP contribution in [-0.4, -0.2) is 0 Å². The number of benzene rings is 2. The van der Waals surface area contributed by atoms with Gasteiger partial charge in [0, 0.05) is 15.4 Å². The molecule has 0 nitrogen and oxygen atoms in total. The van der Waals surface area contributed by atoms with E-state index < -0.39 is 0 Å². The van der Waals surface area contributed by atoms with Crippen LogP contribution in [0.15, 0.2) is 64.4 Å². The van der Waals surface area contributed by atoms with Crippen LogP contribution in [0.2, 0.25) is 0 Å². The largest absolute Gasteiger partial charge is 0.115 e. The third kappa shape index (κ3) is 2.43. The van der Waals surface area contributed by atoms with E-state index in [-0.39, 0.29) is 0 Å². The zero-order chi connectivity index (χ0) is 10.5. The Bertz CT molecular complexity index is 480. The molecule has 2 aromatic rings. The maximum Gasteiger partial charge on any atom is 0.0382 e. The lowest BCUT2D eigenvalue weighted by Crippen LogP contribution is -1.79. The number of terminal acetylenes is 1. The second-order valence-corrected chi connectivity index (χ2v) is 4.17. The molecule has 2 rings (SSSR count). The summed E-state index contributed by atoms with van der Waals surface area (Å²) in [6, 6.07) is 18.2. The van der Waals surface area contributed by atoms with Gasteiger partial charge in [0.1, 0.15) is 0 Å². The highest BCUT2D eigenvalue weighted by atomic mass is 32.2. The lowest BCUT2D eigenvalue weighted by molar-refractivity contribution is 1.38. The van der Waals surface area contributed by atoms with E-state index in [1.807, 2.05) is 42.5 Å². The Balaban J connectivity index is 2.29. The summed E-state index contributed by atoms with van der Waals surface area (Å²) in [5.74, 6) is 2.69. The Hall–Kier alpha value is -1.65. The van der Waals surface area contributed by atoms with Gasteiger partial charge in [-0.2, -0.15) is 0 Å². The first kappa shape index (κ1) is 9.89. The molecule has 0 fully saturated rings. The van der Waals surface area contributed by atoms with Gasteiger partial charge < -0.3 is 0 Å². The van der Waals surface area contributed by atoms with Crippen molar-refractivity contribution in [2.45, 2.75) is 9.79 Å². The molecular weight excluding hydrogens is 200 g/mol. The fraction of sp³-hybridized carbons (Fsp3) is 0. The van der Waals surface area contributed by atoms with Gasteiger partial charge in [-0.05, 0) is 24.3 Å². The second kappa shape index (κ2) is 4.72. The molecular formula is C14H10S.